The van der Waals surface area contributed by atoms with Gasteiger partial charge in [-0.3, -0.25) is 4.79 Å². The van der Waals surface area contributed by atoms with E-state index in [0.717, 1.165) is 37.0 Å². The molecule has 1 atom stereocenters. The second-order valence-electron chi connectivity index (χ2n) is 7.05. The van der Waals surface area contributed by atoms with Gasteiger partial charge >= 0.3 is 0 Å². The number of benzene rings is 2. The van der Waals surface area contributed by atoms with Gasteiger partial charge in [-0.1, -0.05) is 25.0 Å². The molecule has 156 valence electrons. The predicted molar refractivity (Wildman–Crippen MR) is 111 cm³/mol. The summed E-state index contributed by atoms with van der Waals surface area (Å²) in [4.78, 5) is 15.5. The number of carbonyl (C=O) groups excluding carboxylic acids is 1. The topological polar surface area (TPSA) is 57.2 Å². The molecule has 6 nitrogen and oxygen atoms in total. The lowest BCUT2D eigenvalue weighted by Crippen LogP contribution is -2.34. The molecule has 0 saturated carbocycles. The summed E-state index contributed by atoms with van der Waals surface area (Å²) in [5, 5.41) is 0. The molecular weight excluding hydrogens is 370 g/mol. The summed E-state index contributed by atoms with van der Waals surface area (Å²) in [5.41, 5.74) is 1.65. The Kier molecular flexibility index (Phi) is 6.86. The molecular formula is C23H29NO5. The number of hydrogen-bond acceptors (Lipinski definition) is 5. The van der Waals surface area contributed by atoms with Crippen molar-refractivity contribution in [1.82, 2.24) is 4.90 Å². The van der Waals surface area contributed by atoms with Crippen LogP contribution < -0.4 is 18.9 Å². The lowest BCUT2D eigenvalue weighted by molar-refractivity contribution is 0.0680. The first-order valence-electron chi connectivity index (χ1n) is 9.87. The zero-order valence-electron chi connectivity index (χ0n) is 17.6. The Morgan fingerprint density at radius 2 is 1.52 bits per heavy atom. The fourth-order valence-electron chi connectivity index (χ4n) is 3.89. The first-order chi connectivity index (χ1) is 14.1. The average molecular weight is 399 g/mol. The molecule has 0 aliphatic carbocycles. The molecule has 3 rings (SSSR count). The third kappa shape index (κ3) is 4.42. The lowest BCUT2D eigenvalue weighted by atomic mass is 9.99. The van der Waals surface area contributed by atoms with Crippen molar-refractivity contribution in [2.45, 2.75) is 31.7 Å². The highest BCUT2D eigenvalue weighted by Gasteiger charge is 2.29. The molecule has 2 aromatic rings. The van der Waals surface area contributed by atoms with Gasteiger partial charge in [0.05, 0.1) is 34.5 Å². The molecule has 0 N–H and O–H groups in total. The van der Waals surface area contributed by atoms with Crippen molar-refractivity contribution in [3.8, 4) is 23.0 Å². The van der Waals surface area contributed by atoms with Crippen LogP contribution in [0.1, 0.15) is 47.6 Å². The van der Waals surface area contributed by atoms with Gasteiger partial charge in [0.15, 0.2) is 11.5 Å². The predicted octanol–water partition coefficient (Wildman–Crippen LogP) is 4.48. The second-order valence-corrected chi connectivity index (χ2v) is 7.05. The highest BCUT2D eigenvalue weighted by Crippen LogP contribution is 2.39. The van der Waals surface area contributed by atoms with Gasteiger partial charge in [-0.05, 0) is 42.7 Å². The minimum Gasteiger partial charge on any atom is -0.497 e. The van der Waals surface area contributed by atoms with Crippen molar-refractivity contribution in [1.29, 1.82) is 0 Å². The van der Waals surface area contributed by atoms with Crippen LogP contribution in [0.5, 0.6) is 23.0 Å². The van der Waals surface area contributed by atoms with Crippen molar-refractivity contribution in [3.05, 3.63) is 47.5 Å². The fraction of sp³-hybridized carbons (Fsp3) is 0.435. The van der Waals surface area contributed by atoms with Crippen LogP contribution in [0, 0.1) is 0 Å². The van der Waals surface area contributed by atoms with Crippen LogP contribution in [0.25, 0.3) is 0 Å². The van der Waals surface area contributed by atoms with Crippen molar-refractivity contribution >= 4 is 5.91 Å². The third-order valence-electron chi connectivity index (χ3n) is 5.43. The molecule has 1 aliphatic rings. The van der Waals surface area contributed by atoms with Crippen molar-refractivity contribution in [2.75, 3.05) is 35.0 Å². The van der Waals surface area contributed by atoms with E-state index in [-0.39, 0.29) is 11.9 Å². The molecule has 0 bridgehead atoms. The SMILES string of the molecule is COc1ccc(C2CCCCCN2C(=O)c2cc(OC)c(OC)c(OC)c2)cc1. The van der Waals surface area contributed by atoms with Crippen molar-refractivity contribution < 1.29 is 23.7 Å². The third-order valence-corrected chi connectivity index (χ3v) is 5.43. The number of ether oxygens (including phenoxy) is 4. The molecule has 1 heterocycles. The lowest BCUT2D eigenvalue weighted by Gasteiger charge is -2.31. The largest absolute Gasteiger partial charge is 0.497 e. The number of amides is 1. The average Bonchev–Trinajstić information content (AvgIpc) is 3.03. The first kappa shape index (κ1) is 20.8. The van der Waals surface area contributed by atoms with E-state index in [0.29, 0.717) is 29.4 Å². The highest BCUT2D eigenvalue weighted by molar-refractivity contribution is 5.96. The van der Waals surface area contributed by atoms with Gasteiger partial charge in [-0.2, -0.15) is 0 Å². The summed E-state index contributed by atoms with van der Waals surface area (Å²) in [5.74, 6) is 2.21. The smallest absolute Gasteiger partial charge is 0.254 e. The number of rotatable bonds is 6. The maximum atomic E-state index is 13.5. The second kappa shape index (κ2) is 9.54. The van der Waals surface area contributed by atoms with Gasteiger partial charge in [0.2, 0.25) is 5.75 Å². The molecule has 1 aliphatic heterocycles. The molecule has 0 radical (unpaired) electrons. The molecule has 0 aromatic heterocycles. The molecule has 0 spiro atoms. The van der Waals surface area contributed by atoms with E-state index in [2.05, 4.69) is 0 Å². The monoisotopic (exact) mass is 399 g/mol. The Morgan fingerprint density at radius 3 is 2.07 bits per heavy atom. The zero-order chi connectivity index (χ0) is 20.8. The number of likely N-dealkylation sites (tertiary alicyclic amines) is 1. The van der Waals surface area contributed by atoms with E-state index in [4.69, 9.17) is 18.9 Å². The minimum atomic E-state index is -0.0352. The quantitative estimate of drug-likeness (QED) is 0.717. The van der Waals surface area contributed by atoms with Gasteiger partial charge in [-0.15, -0.1) is 0 Å². The van der Waals surface area contributed by atoms with Gasteiger partial charge < -0.3 is 23.8 Å². The van der Waals surface area contributed by atoms with Crippen LogP contribution in [0.4, 0.5) is 0 Å². The molecule has 1 saturated heterocycles. The van der Waals surface area contributed by atoms with Gasteiger partial charge in [0.25, 0.3) is 5.91 Å². The molecule has 29 heavy (non-hydrogen) atoms. The van der Waals surface area contributed by atoms with Gasteiger partial charge in [-0.25, -0.2) is 0 Å². The van der Waals surface area contributed by atoms with E-state index < -0.39 is 0 Å². The Morgan fingerprint density at radius 1 is 0.862 bits per heavy atom. The summed E-state index contributed by atoms with van der Waals surface area (Å²) in [6, 6.07) is 11.5. The van der Waals surface area contributed by atoms with Crippen LogP contribution in [0.2, 0.25) is 0 Å². The van der Waals surface area contributed by atoms with Crippen molar-refractivity contribution in [3.63, 3.8) is 0 Å². The maximum absolute atomic E-state index is 13.5. The summed E-state index contributed by atoms with van der Waals surface area (Å²) in [6.45, 7) is 0.714. The Bertz CT molecular complexity index is 809. The molecule has 1 amide bonds. The van der Waals surface area contributed by atoms with Gasteiger partial charge in [0.1, 0.15) is 5.75 Å². The van der Waals surface area contributed by atoms with Crippen molar-refractivity contribution in [2.24, 2.45) is 0 Å². The fourth-order valence-corrected chi connectivity index (χ4v) is 3.89. The van der Waals surface area contributed by atoms with E-state index in [1.165, 1.54) is 0 Å². The number of hydrogen-bond donors (Lipinski definition) is 0. The number of nitrogens with zero attached hydrogens (tertiary/aromatic N) is 1. The van der Waals surface area contributed by atoms with Crippen LogP contribution in [-0.2, 0) is 0 Å². The maximum Gasteiger partial charge on any atom is 0.254 e. The normalized spacial score (nSPS) is 16.7. The molecule has 1 unspecified atom stereocenters. The first-order valence-corrected chi connectivity index (χ1v) is 9.87. The highest BCUT2D eigenvalue weighted by atomic mass is 16.5. The Balaban J connectivity index is 1.97. The zero-order valence-corrected chi connectivity index (χ0v) is 17.6. The van der Waals surface area contributed by atoms with E-state index in [1.54, 1.807) is 40.6 Å². The summed E-state index contributed by atoms with van der Waals surface area (Å²) in [7, 11) is 6.31. The van der Waals surface area contributed by atoms with Crippen LogP contribution in [0.3, 0.4) is 0 Å². The summed E-state index contributed by atoms with van der Waals surface area (Å²) in [6.07, 6.45) is 4.13. The molecule has 1 fully saturated rings. The van der Waals surface area contributed by atoms with Crippen LogP contribution in [-0.4, -0.2) is 45.8 Å². The standard InChI is InChI=1S/C23H29NO5/c1-26-18-11-9-16(10-12-18)19-8-6-5-7-13-24(19)23(25)17-14-20(27-2)22(29-4)21(15-17)28-3/h9-12,14-15,19H,5-8,13H2,1-4H3. The summed E-state index contributed by atoms with van der Waals surface area (Å²) >= 11 is 0. The van der Waals surface area contributed by atoms with Crippen LogP contribution >= 0.6 is 0 Å². The Hall–Kier alpha value is -2.89. The Labute approximate surface area is 172 Å². The number of methoxy groups -OCH3 is 4. The summed E-state index contributed by atoms with van der Waals surface area (Å²) < 4.78 is 21.5. The minimum absolute atomic E-state index is 0.0231. The number of carbonyl (C=O) groups is 1. The van der Waals surface area contributed by atoms with Gasteiger partial charge in [0, 0.05) is 12.1 Å². The molecule has 6 heteroatoms. The van der Waals surface area contributed by atoms with Crippen LogP contribution in [0.15, 0.2) is 36.4 Å². The van der Waals surface area contributed by atoms with E-state index in [1.807, 2.05) is 29.2 Å². The van der Waals surface area contributed by atoms with E-state index in [9.17, 15) is 4.79 Å². The van der Waals surface area contributed by atoms with E-state index >= 15 is 0 Å². The molecule has 2 aromatic carbocycles.